The largest absolute Gasteiger partial charge is 0.457 e. The fourth-order valence-corrected chi connectivity index (χ4v) is 5.47. The molecule has 33 heavy (non-hydrogen) atoms. The van der Waals surface area contributed by atoms with E-state index in [4.69, 9.17) is 16.3 Å². The summed E-state index contributed by atoms with van der Waals surface area (Å²) >= 11 is 6.20. The van der Waals surface area contributed by atoms with Gasteiger partial charge >= 0.3 is 5.97 Å². The number of piperazine rings is 1. The maximum absolute atomic E-state index is 13.2. The van der Waals surface area contributed by atoms with E-state index in [-0.39, 0.29) is 22.1 Å². The van der Waals surface area contributed by atoms with E-state index in [0.29, 0.717) is 26.2 Å². The fraction of sp³-hybridized carbons (Fsp3) is 0.240. The molecule has 3 aromatic rings. The van der Waals surface area contributed by atoms with Crippen LogP contribution in [0.25, 0.3) is 0 Å². The fourth-order valence-electron chi connectivity index (χ4n) is 3.82. The molecule has 3 aromatic carbocycles. The lowest BCUT2D eigenvalue weighted by molar-refractivity contribution is 0.0472. The molecule has 1 fully saturated rings. The molecule has 0 radical (unpaired) electrons. The number of nitrogens with zero attached hydrogens (tertiary/aromatic N) is 2. The Hall–Kier alpha value is -2.87. The van der Waals surface area contributed by atoms with Gasteiger partial charge in [0, 0.05) is 31.9 Å². The van der Waals surface area contributed by atoms with E-state index in [1.807, 2.05) is 61.5 Å². The minimum atomic E-state index is -3.77. The maximum atomic E-state index is 13.2. The van der Waals surface area contributed by atoms with Crippen LogP contribution in [0.15, 0.2) is 77.7 Å². The molecular weight excluding hydrogens is 460 g/mol. The summed E-state index contributed by atoms with van der Waals surface area (Å²) in [5, 5.41) is 0.150. The SMILES string of the molecule is Cc1cccc(COC(=O)c2cc(S(=O)(=O)N3CCN(c4ccccc4)CC3)ccc2Cl)c1. The average Bonchev–Trinajstić information content (AvgIpc) is 2.83. The highest BCUT2D eigenvalue weighted by Crippen LogP contribution is 2.26. The highest BCUT2D eigenvalue weighted by Gasteiger charge is 2.29. The average molecular weight is 485 g/mol. The molecule has 0 spiro atoms. The van der Waals surface area contributed by atoms with Crippen molar-refractivity contribution in [2.24, 2.45) is 0 Å². The molecule has 0 atom stereocenters. The summed E-state index contributed by atoms with van der Waals surface area (Å²) in [5.41, 5.74) is 3.01. The Morgan fingerprint density at radius 3 is 2.36 bits per heavy atom. The molecule has 0 N–H and O–H groups in total. The van der Waals surface area contributed by atoms with Gasteiger partial charge in [-0.25, -0.2) is 13.2 Å². The molecule has 0 saturated carbocycles. The summed E-state index contributed by atoms with van der Waals surface area (Å²) in [4.78, 5) is 14.8. The zero-order valence-corrected chi connectivity index (χ0v) is 19.8. The smallest absolute Gasteiger partial charge is 0.340 e. The molecule has 1 saturated heterocycles. The first-order valence-corrected chi connectivity index (χ1v) is 12.5. The molecule has 4 rings (SSSR count). The summed E-state index contributed by atoms with van der Waals surface area (Å²) < 4.78 is 33.3. The van der Waals surface area contributed by atoms with E-state index in [0.717, 1.165) is 16.8 Å². The number of para-hydroxylation sites is 1. The molecule has 1 aliphatic rings. The van der Waals surface area contributed by atoms with Gasteiger partial charge in [-0.3, -0.25) is 0 Å². The van der Waals surface area contributed by atoms with Crippen molar-refractivity contribution in [1.82, 2.24) is 4.31 Å². The van der Waals surface area contributed by atoms with Crippen LogP contribution in [0.1, 0.15) is 21.5 Å². The van der Waals surface area contributed by atoms with Crippen LogP contribution >= 0.6 is 11.6 Å². The zero-order chi connectivity index (χ0) is 23.4. The number of carbonyl (C=O) groups is 1. The Morgan fingerprint density at radius 1 is 0.939 bits per heavy atom. The Bertz CT molecular complexity index is 1240. The van der Waals surface area contributed by atoms with Crippen LogP contribution in [0.3, 0.4) is 0 Å². The normalized spacial score (nSPS) is 14.8. The highest BCUT2D eigenvalue weighted by atomic mass is 35.5. The lowest BCUT2D eigenvalue weighted by atomic mass is 10.1. The number of aryl methyl sites for hydroxylation is 1. The lowest BCUT2D eigenvalue weighted by Gasteiger charge is -2.35. The third-order valence-electron chi connectivity index (χ3n) is 5.61. The van der Waals surface area contributed by atoms with Crippen molar-refractivity contribution in [3.8, 4) is 0 Å². The van der Waals surface area contributed by atoms with Gasteiger partial charge in [-0.05, 0) is 42.8 Å². The van der Waals surface area contributed by atoms with Crippen molar-refractivity contribution >= 4 is 33.3 Å². The second-order valence-electron chi connectivity index (χ2n) is 7.93. The van der Waals surface area contributed by atoms with E-state index < -0.39 is 16.0 Å². The Labute approximate surface area is 199 Å². The van der Waals surface area contributed by atoms with Gasteiger partial charge < -0.3 is 9.64 Å². The number of esters is 1. The van der Waals surface area contributed by atoms with Crippen LogP contribution < -0.4 is 4.90 Å². The van der Waals surface area contributed by atoms with Crippen molar-refractivity contribution in [1.29, 1.82) is 0 Å². The molecule has 1 heterocycles. The van der Waals surface area contributed by atoms with Gasteiger partial charge in [0.1, 0.15) is 6.61 Å². The van der Waals surface area contributed by atoms with E-state index >= 15 is 0 Å². The van der Waals surface area contributed by atoms with Gasteiger partial charge in [0.25, 0.3) is 0 Å². The van der Waals surface area contributed by atoms with E-state index in [2.05, 4.69) is 4.90 Å². The predicted octanol–water partition coefficient (Wildman–Crippen LogP) is 4.52. The van der Waals surface area contributed by atoms with Crippen molar-refractivity contribution in [2.75, 3.05) is 31.1 Å². The van der Waals surface area contributed by atoms with E-state index in [9.17, 15) is 13.2 Å². The molecule has 0 aliphatic carbocycles. The minimum absolute atomic E-state index is 0.0302. The number of anilines is 1. The second-order valence-corrected chi connectivity index (χ2v) is 10.3. The number of halogens is 1. The first-order chi connectivity index (χ1) is 15.8. The van der Waals surface area contributed by atoms with Crippen LogP contribution in [0.2, 0.25) is 5.02 Å². The Balaban J connectivity index is 1.46. The Morgan fingerprint density at radius 2 is 1.67 bits per heavy atom. The van der Waals surface area contributed by atoms with Gasteiger partial charge in [-0.15, -0.1) is 0 Å². The zero-order valence-electron chi connectivity index (χ0n) is 18.3. The molecule has 1 aliphatic heterocycles. The summed E-state index contributed by atoms with van der Waals surface area (Å²) in [6, 6.07) is 21.7. The van der Waals surface area contributed by atoms with Crippen molar-refractivity contribution in [3.63, 3.8) is 0 Å². The quantitative estimate of drug-likeness (QED) is 0.481. The number of sulfonamides is 1. The van der Waals surface area contributed by atoms with Gasteiger partial charge in [0.2, 0.25) is 10.0 Å². The number of rotatable bonds is 6. The summed E-state index contributed by atoms with van der Waals surface area (Å²) in [6.45, 7) is 3.91. The van der Waals surface area contributed by atoms with Gasteiger partial charge in [0.05, 0.1) is 15.5 Å². The monoisotopic (exact) mass is 484 g/mol. The standard InChI is InChI=1S/C25H25ClN2O4S/c1-19-6-5-7-20(16-19)18-32-25(29)23-17-22(10-11-24(23)26)33(30,31)28-14-12-27(13-15-28)21-8-3-2-4-9-21/h2-11,16-17H,12-15,18H2,1H3. The molecule has 8 heteroatoms. The number of hydrogen-bond donors (Lipinski definition) is 0. The summed E-state index contributed by atoms with van der Waals surface area (Å²) in [5.74, 6) is -0.660. The third-order valence-corrected chi connectivity index (χ3v) is 7.83. The molecule has 0 unspecified atom stereocenters. The van der Waals surface area contributed by atoms with Gasteiger partial charge in [-0.2, -0.15) is 4.31 Å². The summed E-state index contributed by atoms with van der Waals surface area (Å²) in [7, 11) is -3.77. The number of carbonyl (C=O) groups excluding carboxylic acids is 1. The van der Waals surface area contributed by atoms with Gasteiger partial charge in [0.15, 0.2) is 0 Å². The van der Waals surface area contributed by atoms with E-state index in [1.54, 1.807) is 0 Å². The number of hydrogen-bond acceptors (Lipinski definition) is 5. The van der Waals surface area contributed by atoms with Gasteiger partial charge in [-0.1, -0.05) is 59.6 Å². The third kappa shape index (κ3) is 5.38. The number of ether oxygens (including phenoxy) is 1. The van der Waals surface area contributed by atoms with Crippen molar-refractivity contribution in [2.45, 2.75) is 18.4 Å². The van der Waals surface area contributed by atoms with Crippen LogP contribution in [0.5, 0.6) is 0 Å². The van der Waals surface area contributed by atoms with Crippen LogP contribution in [-0.4, -0.2) is 44.9 Å². The lowest BCUT2D eigenvalue weighted by Crippen LogP contribution is -2.48. The first kappa shape index (κ1) is 23.3. The minimum Gasteiger partial charge on any atom is -0.457 e. The van der Waals surface area contributed by atoms with Crippen LogP contribution in [0, 0.1) is 6.92 Å². The Kier molecular flexibility index (Phi) is 7.02. The molecule has 6 nitrogen and oxygen atoms in total. The van der Waals surface area contributed by atoms with Crippen molar-refractivity contribution < 1.29 is 17.9 Å². The topological polar surface area (TPSA) is 66.9 Å². The van der Waals surface area contributed by atoms with Crippen LogP contribution in [-0.2, 0) is 21.4 Å². The molecule has 0 aromatic heterocycles. The first-order valence-electron chi connectivity index (χ1n) is 10.7. The molecule has 0 bridgehead atoms. The highest BCUT2D eigenvalue weighted by molar-refractivity contribution is 7.89. The molecule has 172 valence electrons. The van der Waals surface area contributed by atoms with E-state index in [1.165, 1.54) is 22.5 Å². The predicted molar refractivity (Wildman–Crippen MR) is 129 cm³/mol. The second kappa shape index (κ2) is 9.95. The summed E-state index contributed by atoms with van der Waals surface area (Å²) in [6.07, 6.45) is 0. The maximum Gasteiger partial charge on any atom is 0.340 e. The van der Waals surface area contributed by atoms with Crippen molar-refractivity contribution in [3.05, 3.63) is 94.5 Å². The van der Waals surface area contributed by atoms with Crippen LogP contribution in [0.4, 0.5) is 5.69 Å². The molecule has 0 amide bonds. The molecular formula is C25H25ClN2O4S. The number of benzene rings is 3.